The van der Waals surface area contributed by atoms with Gasteiger partial charge >= 0.3 is 0 Å². The highest BCUT2D eigenvalue weighted by Crippen LogP contribution is 2.14. The summed E-state index contributed by atoms with van der Waals surface area (Å²) in [6.45, 7) is 0. The first kappa shape index (κ1) is 12.1. The molecule has 0 aliphatic heterocycles. The number of hydroxylamine groups is 2. The van der Waals surface area contributed by atoms with E-state index in [2.05, 4.69) is 15.9 Å². The number of hydrogen-bond donors (Lipinski definition) is 0. The van der Waals surface area contributed by atoms with Crippen molar-refractivity contribution < 1.29 is 14.0 Å². The number of rotatable bonds is 3. The zero-order valence-electron chi connectivity index (χ0n) is 8.46. The third kappa shape index (κ3) is 2.76. The summed E-state index contributed by atoms with van der Waals surface area (Å²) in [5.74, 6) is -0.778. The normalized spacial score (nSPS) is 10.1. The van der Waals surface area contributed by atoms with Crippen LogP contribution in [-0.2, 0) is 10.2 Å². The fourth-order valence-electron chi connectivity index (χ4n) is 1.05. The van der Waals surface area contributed by atoms with E-state index in [0.717, 1.165) is 5.06 Å². The number of amides is 1. The maximum atomic E-state index is 13.3. The highest BCUT2D eigenvalue weighted by Gasteiger charge is 2.13. The fourth-order valence-corrected chi connectivity index (χ4v) is 1.51. The van der Waals surface area contributed by atoms with Crippen molar-refractivity contribution in [3.05, 3.63) is 35.1 Å². The Balaban J connectivity index is 2.97. The van der Waals surface area contributed by atoms with Crippen LogP contribution in [0.15, 0.2) is 18.2 Å². The molecule has 1 amide bonds. The quantitative estimate of drug-likeness (QED) is 0.626. The van der Waals surface area contributed by atoms with Crippen molar-refractivity contribution >= 4 is 21.8 Å². The molecule has 3 nitrogen and oxygen atoms in total. The Hall–Kier alpha value is -0.940. The van der Waals surface area contributed by atoms with Crippen LogP contribution in [0.5, 0.6) is 0 Å². The van der Waals surface area contributed by atoms with Gasteiger partial charge in [-0.25, -0.2) is 9.45 Å². The summed E-state index contributed by atoms with van der Waals surface area (Å²) in [4.78, 5) is 16.3. The molecule has 0 saturated heterocycles. The van der Waals surface area contributed by atoms with Crippen LogP contribution >= 0.6 is 15.9 Å². The minimum absolute atomic E-state index is 0.265. The average Bonchev–Trinajstić information content (AvgIpc) is 2.26. The summed E-state index contributed by atoms with van der Waals surface area (Å²) in [5.41, 5.74) is 0.785. The first-order valence-corrected chi connectivity index (χ1v) is 5.39. The van der Waals surface area contributed by atoms with Crippen LogP contribution in [0.2, 0.25) is 0 Å². The number of alkyl halides is 1. The zero-order valence-corrected chi connectivity index (χ0v) is 10.0. The summed E-state index contributed by atoms with van der Waals surface area (Å²) in [5, 5.41) is 1.47. The molecule has 1 aromatic rings. The fraction of sp³-hybridized carbons (Fsp3) is 0.300. The Morgan fingerprint density at radius 1 is 1.60 bits per heavy atom. The van der Waals surface area contributed by atoms with E-state index in [1.165, 1.54) is 20.2 Å². The molecule has 0 saturated carbocycles. The van der Waals surface area contributed by atoms with Gasteiger partial charge in [0.25, 0.3) is 5.91 Å². The minimum Gasteiger partial charge on any atom is -0.274 e. The second-order valence-electron chi connectivity index (χ2n) is 2.93. The lowest BCUT2D eigenvalue weighted by Gasteiger charge is -2.13. The predicted octanol–water partition coefficient (Wildman–Crippen LogP) is 2.35. The molecule has 0 unspecified atom stereocenters. The molecular weight excluding hydrogens is 265 g/mol. The Morgan fingerprint density at radius 2 is 2.27 bits per heavy atom. The number of nitrogens with zero attached hydrogens (tertiary/aromatic N) is 1. The van der Waals surface area contributed by atoms with Gasteiger partial charge in [0.2, 0.25) is 0 Å². The van der Waals surface area contributed by atoms with E-state index in [0.29, 0.717) is 10.9 Å². The summed E-state index contributed by atoms with van der Waals surface area (Å²) in [6.07, 6.45) is 0. The minimum atomic E-state index is -0.401. The molecule has 0 aliphatic rings. The first-order valence-electron chi connectivity index (χ1n) is 4.26. The molecule has 1 aromatic carbocycles. The van der Waals surface area contributed by atoms with E-state index in [4.69, 9.17) is 4.84 Å². The molecule has 0 radical (unpaired) electrons. The molecule has 0 heterocycles. The van der Waals surface area contributed by atoms with E-state index in [9.17, 15) is 9.18 Å². The maximum absolute atomic E-state index is 13.3. The van der Waals surface area contributed by atoms with Crippen LogP contribution in [0.1, 0.15) is 15.9 Å². The first-order chi connectivity index (χ1) is 7.10. The van der Waals surface area contributed by atoms with Gasteiger partial charge in [-0.05, 0) is 17.7 Å². The van der Waals surface area contributed by atoms with Gasteiger partial charge < -0.3 is 0 Å². The Kier molecular flexibility index (Phi) is 4.23. The highest BCUT2D eigenvalue weighted by molar-refractivity contribution is 9.08. The molecule has 1 rings (SSSR count). The summed E-state index contributed by atoms with van der Waals surface area (Å²) in [7, 11) is 2.85. The zero-order chi connectivity index (χ0) is 11.4. The average molecular weight is 276 g/mol. The van der Waals surface area contributed by atoms with Crippen LogP contribution < -0.4 is 0 Å². The summed E-state index contributed by atoms with van der Waals surface area (Å²) >= 11 is 3.15. The van der Waals surface area contributed by atoms with Crippen LogP contribution in [-0.4, -0.2) is 25.1 Å². The third-order valence-corrected chi connectivity index (χ3v) is 2.61. The van der Waals surface area contributed by atoms with E-state index in [1.54, 1.807) is 12.1 Å². The van der Waals surface area contributed by atoms with Crippen LogP contribution in [0.25, 0.3) is 0 Å². The molecule has 82 valence electrons. The van der Waals surface area contributed by atoms with Crippen molar-refractivity contribution in [2.45, 2.75) is 5.33 Å². The molecule has 5 heteroatoms. The Morgan fingerprint density at radius 3 is 2.73 bits per heavy atom. The lowest BCUT2D eigenvalue weighted by atomic mass is 10.1. The van der Waals surface area contributed by atoms with E-state index >= 15 is 0 Å². The Bertz CT molecular complexity index is 370. The molecule has 15 heavy (non-hydrogen) atoms. The summed E-state index contributed by atoms with van der Waals surface area (Å²) in [6, 6.07) is 4.34. The lowest BCUT2D eigenvalue weighted by molar-refractivity contribution is -0.0757. The van der Waals surface area contributed by atoms with Crippen molar-refractivity contribution in [1.29, 1.82) is 0 Å². The standard InChI is InChI=1S/C10H11BrFNO2/c1-13(15-2)10(14)7-3-4-8(6-11)9(12)5-7/h3-5H,6H2,1-2H3. The molecule has 0 atom stereocenters. The van der Waals surface area contributed by atoms with Crippen molar-refractivity contribution in [1.82, 2.24) is 5.06 Å². The molecule has 0 aliphatic carbocycles. The van der Waals surface area contributed by atoms with E-state index in [1.807, 2.05) is 0 Å². The molecule has 0 fully saturated rings. The second kappa shape index (κ2) is 5.23. The summed E-state index contributed by atoms with van der Waals surface area (Å²) < 4.78 is 13.3. The number of carbonyl (C=O) groups is 1. The van der Waals surface area contributed by atoms with Gasteiger partial charge in [-0.15, -0.1) is 0 Å². The SMILES string of the molecule is CON(C)C(=O)c1ccc(CBr)c(F)c1. The van der Waals surface area contributed by atoms with Gasteiger partial charge in [0.05, 0.1) is 7.11 Å². The molecule has 0 spiro atoms. The van der Waals surface area contributed by atoms with Gasteiger partial charge in [-0.3, -0.25) is 9.63 Å². The molecule has 0 aromatic heterocycles. The van der Waals surface area contributed by atoms with Gasteiger partial charge in [-0.1, -0.05) is 22.0 Å². The smallest absolute Gasteiger partial charge is 0.274 e. The van der Waals surface area contributed by atoms with Crippen molar-refractivity contribution in [2.75, 3.05) is 14.2 Å². The number of carbonyl (C=O) groups excluding carboxylic acids is 1. The molecule has 0 N–H and O–H groups in total. The number of benzene rings is 1. The third-order valence-electron chi connectivity index (χ3n) is 2.00. The van der Waals surface area contributed by atoms with Crippen LogP contribution in [0.4, 0.5) is 4.39 Å². The maximum Gasteiger partial charge on any atom is 0.277 e. The highest BCUT2D eigenvalue weighted by atomic mass is 79.9. The van der Waals surface area contributed by atoms with E-state index in [-0.39, 0.29) is 11.5 Å². The number of halogens is 2. The van der Waals surface area contributed by atoms with E-state index < -0.39 is 5.82 Å². The topological polar surface area (TPSA) is 29.5 Å². The second-order valence-corrected chi connectivity index (χ2v) is 3.49. The van der Waals surface area contributed by atoms with Crippen molar-refractivity contribution in [3.8, 4) is 0 Å². The van der Waals surface area contributed by atoms with Crippen molar-refractivity contribution in [2.24, 2.45) is 0 Å². The van der Waals surface area contributed by atoms with Crippen LogP contribution in [0, 0.1) is 5.82 Å². The lowest BCUT2D eigenvalue weighted by Crippen LogP contribution is -2.25. The van der Waals surface area contributed by atoms with Gasteiger partial charge in [0.15, 0.2) is 0 Å². The number of hydrogen-bond acceptors (Lipinski definition) is 2. The predicted molar refractivity (Wildman–Crippen MR) is 58.1 cm³/mol. The Labute approximate surface area is 95.9 Å². The van der Waals surface area contributed by atoms with Gasteiger partial charge in [0, 0.05) is 17.9 Å². The molecular formula is C10H11BrFNO2. The monoisotopic (exact) mass is 275 g/mol. The van der Waals surface area contributed by atoms with Gasteiger partial charge in [0.1, 0.15) is 5.82 Å². The largest absolute Gasteiger partial charge is 0.277 e. The van der Waals surface area contributed by atoms with Gasteiger partial charge in [-0.2, -0.15) is 0 Å². The molecule has 0 bridgehead atoms. The van der Waals surface area contributed by atoms with Crippen molar-refractivity contribution in [3.63, 3.8) is 0 Å². The van der Waals surface area contributed by atoms with Crippen LogP contribution in [0.3, 0.4) is 0 Å².